The Morgan fingerprint density at radius 3 is 2.89 bits per heavy atom. The van der Waals surface area contributed by atoms with Gasteiger partial charge in [-0.25, -0.2) is 0 Å². The largest absolute Gasteiger partial charge is 0.378 e. The molecule has 0 aromatic carbocycles. The molecule has 3 fully saturated rings. The van der Waals surface area contributed by atoms with Gasteiger partial charge in [0.15, 0.2) is 0 Å². The van der Waals surface area contributed by atoms with E-state index in [0.717, 1.165) is 24.7 Å². The number of hydrogen-bond donors (Lipinski definition) is 1. The summed E-state index contributed by atoms with van der Waals surface area (Å²) in [7, 11) is 0. The van der Waals surface area contributed by atoms with Crippen LogP contribution in [-0.4, -0.2) is 48.8 Å². The molecular formula is C16H30N2O. The molecule has 3 heteroatoms. The van der Waals surface area contributed by atoms with E-state index in [9.17, 15) is 0 Å². The predicted molar refractivity (Wildman–Crippen MR) is 78.4 cm³/mol. The predicted octanol–water partition coefficient (Wildman–Crippen LogP) is 2.55. The van der Waals surface area contributed by atoms with E-state index in [1.54, 1.807) is 0 Å². The van der Waals surface area contributed by atoms with E-state index in [1.165, 1.54) is 64.5 Å². The normalized spacial score (nSPS) is 41.5. The van der Waals surface area contributed by atoms with Crippen LogP contribution in [0.4, 0.5) is 0 Å². The van der Waals surface area contributed by atoms with Crippen LogP contribution in [0.3, 0.4) is 0 Å². The van der Waals surface area contributed by atoms with Crippen LogP contribution in [0.15, 0.2) is 0 Å². The van der Waals surface area contributed by atoms with Gasteiger partial charge in [-0.05, 0) is 58.0 Å². The summed E-state index contributed by atoms with van der Waals surface area (Å²) in [6.07, 6.45) is 11.2. The molecule has 0 saturated carbocycles. The third kappa shape index (κ3) is 3.14. The van der Waals surface area contributed by atoms with Crippen LogP contribution in [0.1, 0.15) is 58.3 Å². The van der Waals surface area contributed by atoms with E-state index >= 15 is 0 Å². The first kappa shape index (κ1) is 13.8. The van der Waals surface area contributed by atoms with Gasteiger partial charge in [0, 0.05) is 24.7 Å². The molecule has 3 saturated heterocycles. The lowest BCUT2D eigenvalue weighted by atomic mass is 9.89. The smallest absolute Gasteiger partial charge is 0.0587 e. The van der Waals surface area contributed by atoms with E-state index in [1.807, 2.05) is 0 Å². The molecule has 0 bridgehead atoms. The van der Waals surface area contributed by atoms with Gasteiger partial charge in [-0.15, -0.1) is 0 Å². The van der Waals surface area contributed by atoms with Crippen molar-refractivity contribution in [2.45, 2.75) is 82.5 Å². The molecule has 3 aliphatic rings. The van der Waals surface area contributed by atoms with Crippen molar-refractivity contribution in [2.75, 3.05) is 19.7 Å². The average Bonchev–Trinajstić information content (AvgIpc) is 3.01. The van der Waals surface area contributed by atoms with Gasteiger partial charge in [0.1, 0.15) is 0 Å². The second-order valence-electron chi connectivity index (χ2n) is 6.58. The van der Waals surface area contributed by atoms with Crippen molar-refractivity contribution in [1.82, 2.24) is 10.2 Å². The Labute approximate surface area is 118 Å². The van der Waals surface area contributed by atoms with Gasteiger partial charge in [0.05, 0.1) is 6.10 Å². The number of piperidine rings is 1. The Morgan fingerprint density at radius 2 is 2.11 bits per heavy atom. The summed E-state index contributed by atoms with van der Waals surface area (Å²) < 4.78 is 5.87. The van der Waals surface area contributed by atoms with E-state index in [0.29, 0.717) is 6.10 Å². The SMILES string of the molecule is CCC1CC(N2CCCCC2C2CCCN2)CCO1. The standard InChI is InChI=1S/C16H30N2O/c1-2-14-12-13(8-11-19-14)18-10-4-3-7-16(18)15-6-5-9-17-15/h13-17H,2-12H2,1H3. The molecule has 19 heavy (non-hydrogen) atoms. The number of likely N-dealkylation sites (tertiary alicyclic amines) is 1. The lowest BCUT2D eigenvalue weighted by Gasteiger charge is -2.46. The Morgan fingerprint density at radius 1 is 1.16 bits per heavy atom. The summed E-state index contributed by atoms with van der Waals surface area (Å²) in [4.78, 5) is 2.86. The molecule has 4 unspecified atom stereocenters. The minimum absolute atomic E-state index is 0.512. The zero-order valence-corrected chi connectivity index (χ0v) is 12.4. The highest BCUT2D eigenvalue weighted by Crippen LogP contribution is 2.30. The molecule has 110 valence electrons. The van der Waals surface area contributed by atoms with Crippen molar-refractivity contribution in [1.29, 1.82) is 0 Å². The third-order valence-corrected chi connectivity index (χ3v) is 5.42. The lowest BCUT2D eigenvalue weighted by Crippen LogP contribution is -2.55. The second-order valence-corrected chi connectivity index (χ2v) is 6.58. The molecule has 0 aromatic heterocycles. The first-order valence-corrected chi connectivity index (χ1v) is 8.49. The molecule has 0 aromatic rings. The number of hydrogen-bond acceptors (Lipinski definition) is 3. The summed E-state index contributed by atoms with van der Waals surface area (Å²) in [5.41, 5.74) is 0. The van der Waals surface area contributed by atoms with Crippen LogP contribution in [0.2, 0.25) is 0 Å². The molecule has 0 amide bonds. The summed E-state index contributed by atoms with van der Waals surface area (Å²) in [6.45, 7) is 5.80. The lowest BCUT2D eigenvalue weighted by molar-refractivity contribution is -0.0482. The van der Waals surface area contributed by atoms with Crippen LogP contribution in [0.5, 0.6) is 0 Å². The zero-order valence-electron chi connectivity index (χ0n) is 12.4. The first-order chi connectivity index (χ1) is 9.38. The highest BCUT2D eigenvalue weighted by molar-refractivity contribution is 4.94. The van der Waals surface area contributed by atoms with Gasteiger partial charge in [0.25, 0.3) is 0 Å². The van der Waals surface area contributed by atoms with Crippen molar-refractivity contribution >= 4 is 0 Å². The fourth-order valence-corrected chi connectivity index (χ4v) is 4.35. The van der Waals surface area contributed by atoms with E-state index in [4.69, 9.17) is 4.74 Å². The van der Waals surface area contributed by atoms with Gasteiger partial charge in [-0.3, -0.25) is 4.90 Å². The maximum Gasteiger partial charge on any atom is 0.0587 e. The number of rotatable bonds is 3. The highest BCUT2D eigenvalue weighted by atomic mass is 16.5. The minimum Gasteiger partial charge on any atom is -0.378 e. The monoisotopic (exact) mass is 266 g/mol. The summed E-state index contributed by atoms with van der Waals surface area (Å²) in [5, 5.41) is 3.75. The Balaban J connectivity index is 1.65. The molecule has 1 N–H and O–H groups in total. The highest BCUT2D eigenvalue weighted by Gasteiger charge is 2.37. The minimum atomic E-state index is 0.512. The van der Waals surface area contributed by atoms with Crippen LogP contribution in [0, 0.1) is 0 Å². The second kappa shape index (κ2) is 6.55. The summed E-state index contributed by atoms with van der Waals surface area (Å²) in [5.74, 6) is 0. The quantitative estimate of drug-likeness (QED) is 0.849. The van der Waals surface area contributed by atoms with E-state index < -0.39 is 0 Å². The number of nitrogens with one attached hydrogen (secondary N) is 1. The van der Waals surface area contributed by atoms with Gasteiger partial charge < -0.3 is 10.1 Å². The fraction of sp³-hybridized carbons (Fsp3) is 1.00. The van der Waals surface area contributed by atoms with Gasteiger partial charge in [0.2, 0.25) is 0 Å². The molecule has 3 heterocycles. The molecule has 0 radical (unpaired) electrons. The molecular weight excluding hydrogens is 236 g/mol. The van der Waals surface area contributed by atoms with E-state index in [-0.39, 0.29) is 0 Å². The van der Waals surface area contributed by atoms with Gasteiger partial charge in [-0.1, -0.05) is 13.3 Å². The Kier molecular flexibility index (Phi) is 4.78. The Bertz CT molecular complexity index is 278. The maximum atomic E-state index is 5.87. The van der Waals surface area contributed by atoms with Crippen LogP contribution >= 0.6 is 0 Å². The topological polar surface area (TPSA) is 24.5 Å². The van der Waals surface area contributed by atoms with Gasteiger partial charge >= 0.3 is 0 Å². The molecule has 0 aliphatic carbocycles. The Hall–Kier alpha value is -0.120. The zero-order chi connectivity index (χ0) is 13.1. The summed E-state index contributed by atoms with van der Waals surface area (Å²) in [6, 6.07) is 2.35. The molecule has 0 spiro atoms. The molecule has 3 aliphatic heterocycles. The molecule has 3 nitrogen and oxygen atoms in total. The maximum absolute atomic E-state index is 5.87. The number of nitrogens with zero attached hydrogens (tertiary/aromatic N) is 1. The van der Waals surface area contributed by atoms with Gasteiger partial charge in [-0.2, -0.15) is 0 Å². The third-order valence-electron chi connectivity index (χ3n) is 5.42. The summed E-state index contributed by atoms with van der Waals surface area (Å²) >= 11 is 0. The van der Waals surface area contributed by atoms with Crippen molar-refractivity contribution in [2.24, 2.45) is 0 Å². The number of ether oxygens (including phenoxy) is 1. The van der Waals surface area contributed by atoms with Crippen LogP contribution in [-0.2, 0) is 4.74 Å². The van der Waals surface area contributed by atoms with Crippen LogP contribution < -0.4 is 5.32 Å². The van der Waals surface area contributed by atoms with Crippen molar-refractivity contribution in [3.8, 4) is 0 Å². The van der Waals surface area contributed by atoms with Crippen molar-refractivity contribution < 1.29 is 4.74 Å². The average molecular weight is 266 g/mol. The first-order valence-electron chi connectivity index (χ1n) is 8.49. The fourth-order valence-electron chi connectivity index (χ4n) is 4.35. The van der Waals surface area contributed by atoms with Crippen molar-refractivity contribution in [3.63, 3.8) is 0 Å². The molecule has 3 rings (SSSR count). The van der Waals surface area contributed by atoms with E-state index in [2.05, 4.69) is 17.1 Å². The van der Waals surface area contributed by atoms with Crippen LogP contribution in [0.25, 0.3) is 0 Å². The van der Waals surface area contributed by atoms with Crippen molar-refractivity contribution in [3.05, 3.63) is 0 Å². The molecule has 4 atom stereocenters.